The molecule has 0 spiro atoms. The van der Waals surface area contributed by atoms with Gasteiger partial charge in [0.2, 0.25) is 0 Å². The second-order valence-corrected chi connectivity index (χ2v) is 4.68. The van der Waals surface area contributed by atoms with E-state index in [1.165, 1.54) is 12.7 Å². The molecular weight excluding hydrogens is 226 g/mol. The van der Waals surface area contributed by atoms with Crippen molar-refractivity contribution in [3.05, 3.63) is 41.0 Å². The topological polar surface area (TPSA) is 29.5 Å². The zero-order valence-electron chi connectivity index (χ0n) is 11.0. The van der Waals surface area contributed by atoms with Crippen LogP contribution in [-0.4, -0.2) is 38.1 Å². The summed E-state index contributed by atoms with van der Waals surface area (Å²) in [6.45, 7) is 2.18. The summed E-state index contributed by atoms with van der Waals surface area (Å²) < 4.78 is 4.81. The number of hydrogen-bond acceptors (Lipinski definition) is 3. The van der Waals surface area contributed by atoms with E-state index in [0.29, 0.717) is 5.56 Å². The third-order valence-electron chi connectivity index (χ3n) is 3.36. The fourth-order valence-corrected chi connectivity index (χ4v) is 2.19. The maximum absolute atomic E-state index is 11.7. The average Bonchev–Trinajstić information content (AvgIpc) is 2.41. The molecule has 0 unspecified atom stereocenters. The van der Waals surface area contributed by atoms with E-state index in [0.717, 1.165) is 31.5 Å². The third kappa shape index (κ3) is 2.99. The quantitative estimate of drug-likeness (QED) is 0.750. The fourth-order valence-electron chi connectivity index (χ4n) is 2.19. The number of carbonyl (C=O) groups is 1. The molecule has 2 rings (SSSR count). The van der Waals surface area contributed by atoms with Crippen LogP contribution in [0.25, 0.3) is 6.08 Å². The number of esters is 1. The lowest BCUT2D eigenvalue weighted by molar-refractivity contribution is 0.0600. The van der Waals surface area contributed by atoms with E-state index in [9.17, 15) is 4.79 Å². The highest BCUT2D eigenvalue weighted by atomic mass is 16.5. The van der Waals surface area contributed by atoms with Gasteiger partial charge in [-0.3, -0.25) is 0 Å². The van der Waals surface area contributed by atoms with Gasteiger partial charge in [0.1, 0.15) is 0 Å². The average molecular weight is 245 g/mol. The van der Waals surface area contributed by atoms with Crippen molar-refractivity contribution in [1.29, 1.82) is 0 Å². The number of carbonyl (C=O) groups excluding carboxylic acids is 1. The third-order valence-corrected chi connectivity index (χ3v) is 3.36. The molecule has 1 aromatic rings. The number of piperidine rings is 1. The largest absolute Gasteiger partial charge is 0.465 e. The standard InChI is InChI=1S/C15H19NO2/c1-16-9-7-12(8-10-16)11-13-5-3-4-6-14(13)15(17)18-2/h3-6,11H,7-10H2,1-2H3. The summed E-state index contributed by atoms with van der Waals surface area (Å²) in [7, 11) is 3.56. The maximum Gasteiger partial charge on any atom is 0.338 e. The highest BCUT2D eigenvalue weighted by molar-refractivity contribution is 5.93. The van der Waals surface area contributed by atoms with Crippen LogP contribution >= 0.6 is 0 Å². The van der Waals surface area contributed by atoms with Gasteiger partial charge in [0.15, 0.2) is 0 Å². The number of rotatable bonds is 2. The van der Waals surface area contributed by atoms with Crippen molar-refractivity contribution in [3.8, 4) is 0 Å². The fraction of sp³-hybridized carbons (Fsp3) is 0.400. The van der Waals surface area contributed by atoms with Crippen molar-refractivity contribution in [2.45, 2.75) is 12.8 Å². The summed E-state index contributed by atoms with van der Waals surface area (Å²) in [5, 5.41) is 0. The van der Waals surface area contributed by atoms with Crippen LogP contribution < -0.4 is 0 Å². The summed E-state index contributed by atoms with van der Waals surface area (Å²) in [6.07, 6.45) is 4.29. The molecule has 0 radical (unpaired) electrons. The smallest absolute Gasteiger partial charge is 0.338 e. The number of hydrogen-bond donors (Lipinski definition) is 0. The van der Waals surface area contributed by atoms with Crippen LogP contribution in [0.15, 0.2) is 29.8 Å². The summed E-state index contributed by atoms with van der Waals surface area (Å²) in [4.78, 5) is 14.0. The minimum atomic E-state index is -0.268. The van der Waals surface area contributed by atoms with Gasteiger partial charge in [-0.25, -0.2) is 4.79 Å². The zero-order valence-corrected chi connectivity index (χ0v) is 11.0. The Labute approximate surface area is 108 Å². The lowest BCUT2D eigenvalue weighted by Crippen LogP contribution is -2.26. The first-order valence-corrected chi connectivity index (χ1v) is 6.26. The molecule has 1 aliphatic heterocycles. The molecule has 0 amide bonds. The number of benzene rings is 1. The molecule has 1 heterocycles. The van der Waals surface area contributed by atoms with Crippen molar-refractivity contribution in [2.24, 2.45) is 0 Å². The monoisotopic (exact) mass is 245 g/mol. The van der Waals surface area contributed by atoms with E-state index in [1.54, 1.807) is 0 Å². The Kier molecular flexibility index (Phi) is 4.15. The molecule has 0 bridgehead atoms. The van der Waals surface area contributed by atoms with Gasteiger partial charge in [-0.1, -0.05) is 29.8 Å². The van der Waals surface area contributed by atoms with Crippen LogP contribution in [0, 0.1) is 0 Å². The van der Waals surface area contributed by atoms with Gasteiger partial charge < -0.3 is 9.64 Å². The lowest BCUT2D eigenvalue weighted by Gasteiger charge is -2.24. The first-order chi connectivity index (χ1) is 8.70. The molecule has 0 N–H and O–H groups in total. The number of methoxy groups -OCH3 is 1. The highest BCUT2D eigenvalue weighted by Crippen LogP contribution is 2.20. The van der Waals surface area contributed by atoms with Crippen LogP contribution in [0.5, 0.6) is 0 Å². The second kappa shape index (κ2) is 5.83. The van der Waals surface area contributed by atoms with E-state index in [4.69, 9.17) is 4.74 Å². The van der Waals surface area contributed by atoms with Crippen LogP contribution in [-0.2, 0) is 4.74 Å². The first kappa shape index (κ1) is 12.8. The molecule has 3 nitrogen and oxygen atoms in total. The predicted molar refractivity (Wildman–Crippen MR) is 72.5 cm³/mol. The minimum absolute atomic E-state index is 0.268. The molecule has 0 aliphatic carbocycles. The first-order valence-electron chi connectivity index (χ1n) is 6.26. The van der Waals surface area contributed by atoms with Crippen molar-refractivity contribution in [1.82, 2.24) is 4.90 Å². The Morgan fingerprint density at radius 3 is 2.61 bits per heavy atom. The molecule has 1 fully saturated rings. The van der Waals surface area contributed by atoms with Crippen molar-refractivity contribution in [3.63, 3.8) is 0 Å². The second-order valence-electron chi connectivity index (χ2n) is 4.68. The summed E-state index contributed by atoms with van der Waals surface area (Å²) in [5.41, 5.74) is 3.01. The van der Waals surface area contributed by atoms with Gasteiger partial charge >= 0.3 is 5.97 Å². The van der Waals surface area contributed by atoms with Gasteiger partial charge in [0, 0.05) is 13.1 Å². The molecule has 1 saturated heterocycles. The Morgan fingerprint density at radius 1 is 1.28 bits per heavy atom. The van der Waals surface area contributed by atoms with Crippen molar-refractivity contribution in [2.75, 3.05) is 27.2 Å². The zero-order chi connectivity index (χ0) is 13.0. The van der Waals surface area contributed by atoms with Crippen molar-refractivity contribution < 1.29 is 9.53 Å². The minimum Gasteiger partial charge on any atom is -0.465 e. The highest BCUT2D eigenvalue weighted by Gasteiger charge is 2.13. The molecule has 0 atom stereocenters. The molecule has 1 aromatic carbocycles. The Morgan fingerprint density at radius 2 is 1.94 bits per heavy atom. The summed E-state index contributed by atoms with van der Waals surface area (Å²) in [5.74, 6) is -0.268. The number of nitrogens with zero attached hydrogens (tertiary/aromatic N) is 1. The lowest BCUT2D eigenvalue weighted by atomic mass is 9.99. The van der Waals surface area contributed by atoms with Gasteiger partial charge in [-0.2, -0.15) is 0 Å². The summed E-state index contributed by atoms with van der Waals surface area (Å²) in [6, 6.07) is 7.60. The van der Waals surface area contributed by atoms with Gasteiger partial charge in [-0.05, 0) is 31.5 Å². The van der Waals surface area contributed by atoms with Gasteiger partial charge in [0.05, 0.1) is 12.7 Å². The Hall–Kier alpha value is -1.61. The summed E-state index contributed by atoms with van der Waals surface area (Å²) >= 11 is 0. The van der Waals surface area contributed by atoms with Crippen molar-refractivity contribution >= 4 is 12.0 Å². The Bertz CT molecular complexity index is 455. The molecular formula is C15H19NO2. The van der Waals surface area contributed by atoms with Gasteiger partial charge in [0.25, 0.3) is 0 Å². The SMILES string of the molecule is COC(=O)c1ccccc1C=C1CCN(C)CC1. The normalized spacial score (nSPS) is 16.4. The Balaban J connectivity index is 2.23. The number of likely N-dealkylation sites (tertiary alicyclic amines) is 1. The molecule has 3 heteroatoms. The number of ether oxygens (including phenoxy) is 1. The maximum atomic E-state index is 11.7. The van der Waals surface area contributed by atoms with Crippen LogP contribution in [0.4, 0.5) is 0 Å². The van der Waals surface area contributed by atoms with Crippen LogP contribution in [0.2, 0.25) is 0 Å². The predicted octanol–water partition coefficient (Wildman–Crippen LogP) is 2.58. The molecule has 1 aliphatic rings. The van der Waals surface area contributed by atoms with E-state index in [1.807, 2.05) is 24.3 Å². The molecule has 18 heavy (non-hydrogen) atoms. The van der Waals surface area contributed by atoms with Crippen LogP contribution in [0.3, 0.4) is 0 Å². The van der Waals surface area contributed by atoms with E-state index in [2.05, 4.69) is 18.0 Å². The van der Waals surface area contributed by atoms with E-state index < -0.39 is 0 Å². The molecule has 0 saturated carbocycles. The van der Waals surface area contributed by atoms with E-state index in [-0.39, 0.29) is 5.97 Å². The van der Waals surface area contributed by atoms with E-state index >= 15 is 0 Å². The molecule has 0 aromatic heterocycles. The van der Waals surface area contributed by atoms with Gasteiger partial charge in [-0.15, -0.1) is 0 Å². The molecule has 96 valence electrons. The van der Waals surface area contributed by atoms with Crippen LogP contribution in [0.1, 0.15) is 28.8 Å².